The van der Waals surface area contributed by atoms with Gasteiger partial charge in [-0.2, -0.15) is 0 Å². The SMILES string of the molecule is C[C@@H]1CC([C@H](c2ccc(Cl)c(F)c2)[C@H](NC(=O)O)C(=O)Nc2cccc(F)c2CC[C@H]2CN[C@@H]3CCCS(O)(O)N2C3)C[C@H](C)O1. The van der Waals surface area contributed by atoms with Crippen LogP contribution < -0.4 is 16.0 Å². The molecule has 2 aromatic carbocycles. The van der Waals surface area contributed by atoms with E-state index in [9.17, 15) is 28.2 Å². The van der Waals surface area contributed by atoms with Crippen LogP contribution in [0.2, 0.25) is 5.02 Å². The Morgan fingerprint density at radius 1 is 1.15 bits per heavy atom. The summed E-state index contributed by atoms with van der Waals surface area (Å²) >= 11 is 5.97. The topological polar surface area (TPSA) is 143 Å². The summed E-state index contributed by atoms with van der Waals surface area (Å²) < 4.78 is 59.4. The van der Waals surface area contributed by atoms with Crippen molar-refractivity contribution >= 4 is 40.1 Å². The lowest BCUT2D eigenvalue weighted by atomic mass is 9.74. The minimum Gasteiger partial charge on any atom is -0.465 e. The highest BCUT2D eigenvalue weighted by atomic mass is 35.5. The number of benzene rings is 2. The third-order valence-electron chi connectivity index (χ3n) is 9.39. The van der Waals surface area contributed by atoms with Crippen molar-refractivity contribution in [1.29, 1.82) is 0 Å². The van der Waals surface area contributed by atoms with E-state index in [2.05, 4.69) is 16.0 Å². The van der Waals surface area contributed by atoms with E-state index < -0.39 is 46.4 Å². The van der Waals surface area contributed by atoms with Crippen LogP contribution in [0.25, 0.3) is 0 Å². The van der Waals surface area contributed by atoms with Crippen LogP contribution in [0, 0.1) is 17.6 Å². The van der Waals surface area contributed by atoms with E-state index in [-0.39, 0.29) is 52.9 Å². The molecular weight excluding hydrogens is 642 g/mol. The number of fused-ring (bicyclic) bond motifs is 2. The molecule has 14 heteroatoms. The maximum atomic E-state index is 15.4. The number of anilines is 1. The average molecular weight is 685 g/mol. The zero-order chi connectivity index (χ0) is 33.2. The Hall–Kier alpha value is -2.52. The van der Waals surface area contributed by atoms with Crippen molar-refractivity contribution in [3.8, 4) is 0 Å². The number of rotatable bonds is 9. The molecule has 3 heterocycles. The fourth-order valence-corrected chi connectivity index (χ4v) is 9.36. The molecule has 10 nitrogen and oxygen atoms in total. The van der Waals surface area contributed by atoms with E-state index >= 15 is 4.39 Å². The summed E-state index contributed by atoms with van der Waals surface area (Å²) in [5.41, 5.74) is 0.808. The molecule has 3 fully saturated rings. The number of carbonyl (C=O) groups excluding carboxylic acids is 1. The lowest BCUT2D eigenvalue weighted by molar-refractivity contribution is -0.120. The second kappa shape index (κ2) is 14.7. The Balaban J connectivity index is 1.42. The quantitative estimate of drug-likeness (QED) is 0.183. The highest BCUT2D eigenvalue weighted by Gasteiger charge is 2.41. The van der Waals surface area contributed by atoms with Crippen molar-refractivity contribution in [2.45, 2.75) is 88.6 Å². The molecule has 0 aliphatic carbocycles. The molecule has 254 valence electrons. The number of hydrogen-bond acceptors (Lipinski definition) is 7. The summed E-state index contributed by atoms with van der Waals surface area (Å²) in [7, 11) is -2.95. The van der Waals surface area contributed by atoms with Gasteiger partial charge in [0.25, 0.3) is 0 Å². The molecule has 6 N–H and O–H groups in total. The van der Waals surface area contributed by atoms with E-state index in [1.165, 1.54) is 24.3 Å². The van der Waals surface area contributed by atoms with Gasteiger partial charge in [-0.1, -0.05) is 23.7 Å². The van der Waals surface area contributed by atoms with E-state index in [0.717, 1.165) is 6.42 Å². The van der Waals surface area contributed by atoms with Crippen molar-refractivity contribution in [2.75, 3.05) is 24.2 Å². The van der Waals surface area contributed by atoms with Gasteiger partial charge in [0.15, 0.2) is 0 Å². The maximum absolute atomic E-state index is 15.4. The number of nitrogens with zero attached hydrogens (tertiary/aromatic N) is 1. The third-order valence-corrected chi connectivity index (χ3v) is 11.7. The Labute approximate surface area is 274 Å². The Morgan fingerprint density at radius 3 is 2.59 bits per heavy atom. The zero-order valence-electron chi connectivity index (χ0n) is 25.9. The minimum atomic E-state index is -2.95. The van der Waals surface area contributed by atoms with Gasteiger partial charge in [-0.25, -0.2) is 17.9 Å². The Kier molecular flexibility index (Phi) is 11.1. The molecule has 3 saturated heterocycles. The van der Waals surface area contributed by atoms with Crippen LogP contribution in [-0.2, 0) is 16.0 Å². The highest BCUT2D eigenvalue weighted by Crippen LogP contribution is 2.49. The largest absolute Gasteiger partial charge is 0.465 e. The first kappa shape index (κ1) is 34.8. The molecule has 5 rings (SSSR count). The number of halogens is 3. The number of piperazine rings is 1. The second-order valence-electron chi connectivity index (χ2n) is 12.7. The number of carbonyl (C=O) groups is 2. The van der Waals surface area contributed by atoms with Crippen molar-refractivity contribution in [2.24, 2.45) is 5.92 Å². The summed E-state index contributed by atoms with van der Waals surface area (Å²) in [5.74, 6) is -2.71. The first-order valence-electron chi connectivity index (χ1n) is 15.8. The van der Waals surface area contributed by atoms with Crippen LogP contribution in [0.4, 0.5) is 19.3 Å². The fourth-order valence-electron chi connectivity index (χ4n) is 7.38. The van der Waals surface area contributed by atoms with Crippen LogP contribution in [0.3, 0.4) is 0 Å². The van der Waals surface area contributed by atoms with E-state index in [1.54, 1.807) is 16.4 Å². The van der Waals surface area contributed by atoms with Crippen LogP contribution in [0.15, 0.2) is 36.4 Å². The average Bonchev–Trinajstić information content (AvgIpc) is 3.09. The van der Waals surface area contributed by atoms with Crippen molar-refractivity contribution in [3.05, 3.63) is 64.2 Å². The lowest BCUT2D eigenvalue weighted by Gasteiger charge is -2.49. The van der Waals surface area contributed by atoms with Gasteiger partial charge in [-0.05, 0) is 88.1 Å². The molecule has 2 aromatic rings. The first-order chi connectivity index (χ1) is 21.8. The van der Waals surface area contributed by atoms with Gasteiger partial charge in [0, 0.05) is 42.3 Å². The lowest BCUT2D eigenvalue weighted by Crippen LogP contribution is -2.55. The molecule has 8 atom stereocenters. The number of ether oxygens (including phenoxy) is 1. The molecule has 2 unspecified atom stereocenters. The first-order valence-corrected chi connectivity index (χ1v) is 17.8. The van der Waals surface area contributed by atoms with Crippen molar-refractivity contribution in [1.82, 2.24) is 14.9 Å². The highest BCUT2D eigenvalue weighted by molar-refractivity contribution is 8.22. The summed E-state index contributed by atoms with van der Waals surface area (Å²) in [4.78, 5) is 26.1. The predicted octanol–water partition coefficient (Wildman–Crippen LogP) is 6.21. The summed E-state index contributed by atoms with van der Waals surface area (Å²) in [6.45, 7) is 4.80. The molecule has 46 heavy (non-hydrogen) atoms. The number of amides is 2. The Bertz CT molecular complexity index is 1410. The van der Waals surface area contributed by atoms with Gasteiger partial charge < -0.3 is 25.8 Å². The van der Waals surface area contributed by atoms with Crippen molar-refractivity contribution in [3.63, 3.8) is 0 Å². The maximum Gasteiger partial charge on any atom is 0.405 e. The van der Waals surface area contributed by atoms with Crippen LogP contribution >= 0.6 is 22.4 Å². The third kappa shape index (κ3) is 8.12. The van der Waals surface area contributed by atoms with Gasteiger partial charge in [0.2, 0.25) is 5.91 Å². The van der Waals surface area contributed by atoms with Gasteiger partial charge in [0.1, 0.15) is 17.7 Å². The standard InChI is InChI=1S/C32H43ClF2N4O6S/c1-18-13-21(14-19(2)45-18)29(20-8-11-25(33)27(35)15-20)30(38-32(41)42)31(40)37-28-7-3-6-26(34)24(28)10-9-23-16-36-22-5-4-12-46(43,44)39(23)17-22/h3,6-8,11,15,18-19,21-23,29-30,36,38,43-44H,4-5,9-10,12-14,16-17H2,1-2H3,(H,37,40)(H,41,42)/t18-,19+,21?,22-,23+,29+,30+/m1/s1. The zero-order valence-corrected chi connectivity index (χ0v) is 27.5. The van der Waals surface area contributed by atoms with Crippen molar-refractivity contribution < 1.29 is 37.3 Å². The molecule has 0 saturated carbocycles. The second-order valence-corrected chi connectivity index (χ2v) is 15.3. The van der Waals surface area contributed by atoms with Gasteiger partial charge in [-0.15, -0.1) is 10.8 Å². The minimum absolute atomic E-state index is 0.0992. The monoisotopic (exact) mass is 684 g/mol. The number of nitrogens with one attached hydrogen (secondary N) is 3. The van der Waals surface area contributed by atoms with Crippen LogP contribution in [0.5, 0.6) is 0 Å². The molecular formula is C32H43ClF2N4O6S. The molecule has 0 aromatic heterocycles. The van der Waals surface area contributed by atoms with E-state index in [4.69, 9.17) is 16.3 Å². The predicted molar refractivity (Wildman–Crippen MR) is 174 cm³/mol. The van der Waals surface area contributed by atoms with Gasteiger partial charge in [-0.3, -0.25) is 13.9 Å². The summed E-state index contributed by atoms with van der Waals surface area (Å²) in [6, 6.07) is 7.05. The molecule has 2 amide bonds. The van der Waals surface area contributed by atoms with Crippen LogP contribution in [-0.4, -0.2) is 79.7 Å². The van der Waals surface area contributed by atoms with E-state index in [0.29, 0.717) is 50.1 Å². The number of carboxylic acid groups (broad SMARTS) is 1. The normalized spacial score (nSPS) is 29.5. The summed E-state index contributed by atoms with van der Waals surface area (Å²) in [5, 5.41) is 18.3. The van der Waals surface area contributed by atoms with Gasteiger partial charge in [0.05, 0.1) is 23.0 Å². The molecule has 2 bridgehead atoms. The van der Waals surface area contributed by atoms with E-state index in [1.807, 2.05) is 13.8 Å². The van der Waals surface area contributed by atoms with Crippen LogP contribution in [0.1, 0.15) is 63.0 Å². The van der Waals surface area contributed by atoms with Gasteiger partial charge >= 0.3 is 6.09 Å². The molecule has 0 spiro atoms. The Morgan fingerprint density at radius 2 is 1.89 bits per heavy atom. The smallest absolute Gasteiger partial charge is 0.405 e. The molecule has 0 radical (unpaired) electrons. The molecule has 3 aliphatic rings. The fraction of sp³-hybridized carbons (Fsp3) is 0.562. The summed E-state index contributed by atoms with van der Waals surface area (Å²) in [6.07, 6.45) is 1.34. The molecule has 3 aliphatic heterocycles. The number of hydrogen-bond donors (Lipinski definition) is 6.